The summed E-state index contributed by atoms with van der Waals surface area (Å²) in [5.41, 5.74) is 9.17. The molecule has 0 aliphatic carbocycles. The first-order valence-electron chi connectivity index (χ1n) is 7.41. The zero-order chi connectivity index (χ0) is 17.2. The third kappa shape index (κ3) is 5.14. The van der Waals surface area contributed by atoms with Crippen LogP contribution in [0.25, 0.3) is 0 Å². The first-order valence-corrected chi connectivity index (χ1v) is 8.29. The summed E-state index contributed by atoms with van der Waals surface area (Å²) < 4.78 is 11.2. The minimum Gasteiger partial charge on any atom is -0.493 e. The normalized spacial score (nSPS) is 10.5. The molecule has 7 nitrogen and oxygen atoms in total. The van der Waals surface area contributed by atoms with E-state index in [1.165, 1.54) is 11.3 Å². The molecule has 1 heterocycles. The van der Waals surface area contributed by atoms with Crippen molar-refractivity contribution in [3.05, 3.63) is 29.1 Å². The molecule has 0 aliphatic heterocycles. The third-order valence-electron chi connectivity index (χ3n) is 3.04. The predicted octanol–water partition coefficient (Wildman–Crippen LogP) is 3.25. The van der Waals surface area contributed by atoms with Gasteiger partial charge in [0.2, 0.25) is 5.13 Å². The van der Waals surface area contributed by atoms with Crippen molar-refractivity contribution in [2.45, 2.75) is 19.3 Å². The third-order valence-corrected chi connectivity index (χ3v) is 3.81. The van der Waals surface area contributed by atoms with Crippen molar-refractivity contribution >= 4 is 28.5 Å². The largest absolute Gasteiger partial charge is 0.493 e. The van der Waals surface area contributed by atoms with Gasteiger partial charge in [0.05, 0.1) is 26.0 Å². The fourth-order valence-electron chi connectivity index (χ4n) is 1.92. The van der Waals surface area contributed by atoms with E-state index in [-0.39, 0.29) is 0 Å². The van der Waals surface area contributed by atoms with Crippen LogP contribution >= 0.6 is 11.3 Å². The molecule has 0 saturated carbocycles. The SMILES string of the molecule is COc1cccc(C=NNc2nc(N)cs2)c1OCCCCC#N. The molecule has 0 atom stereocenters. The summed E-state index contributed by atoms with van der Waals surface area (Å²) in [6.45, 7) is 0.513. The lowest BCUT2D eigenvalue weighted by molar-refractivity contribution is 0.286. The topological polar surface area (TPSA) is 106 Å². The number of nitrogens with one attached hydrogen (secondary N) is 1. The van der Waals surface area contributed by atoms with Gasteiger partial charge in [-0.2, -0.15) is 10.4 Å². The zero-order valence-corrected chi connectivity index (χ0v) is 14.2. The lowest BCUT2D eigenvalue weighted by Gasteiger charge is -2.12. The summed E-state index contributed by atoms with van der Waals surface area (Å²) in [5.74, 6) is 1.72. The van der Waals surface area contributed by atoms with Gasteiger partial charge in [-0.1, -0.05) is 6.07 Å². The average Bonchev–Trinajstić information content (AvgIpc) is 3.00. The summed E-state index contributed by atoms with van der Waals surface area (Å²) in [4.78, 5) is 4.07. The van der Waals surface area contributed by atoms with Gasteiger partial charge in [0, 0.05) is 17.4 Å². The Morgan fingerprint density at radius 1 is 1.46 bits per heavy atom. The Kier molecular flexibility index (Phi) is 6.86. The smallest absolute Gasteiger partial charge is 0.205 e. The number of nitrogen functional groups attached to an aromatic ring is 1. The maximum absolute atomic E-state index is 8.55. The molecule has 0 unspecified atom stereocenters. The average molecular weight is 345 g/mol. The zero-order valence-electron chi connectivity index (χ0n) is 13.4. The standard InChI is InChI=1S/C16H19N5O2S/c1-22-13-7-5-6-12(15(13)23-9-4-2-3-8-17)10-19-21-16-20-14(18)11-24-16/h5-7,10-11H,2-4,9,18H2,1H3,(H,20,21). The van der Waals surface area contributed by atoms with Crippen molar-refractivity contribution in [3.63, 3.8) is 0 Å². The number of nitriles is 1. The molecule has 0 amide bonds. The van der Waals surface area contributed by atoms with E-state index in [1.54, 1.807) is 18.7 Å². The number of methoxy groups -OCH3 is 1. The molecule has 0 spiro atoms. The molecule has 2 aromatic rings. The second-order valence-electron chi connectivity index (χ2n) is 4.79. The van der Waals surface area contributed by atoms with Crippen LogP contribution in [0.2, 0.25) is 0 Å². The fourth-order valence-corrected chi connectivity index (χ4v) is 2.47. The Labute approximate surface area is 144 Å². The van der Waals surface area contributed by atoms with Crippen LogP contribution in [0.15, 0.2) is 28.7 Å². The number of hydrazone groups is 1. The van der Waals surface area contributed by atoms with Gasteiger partial charge in [0.25, 0.3) is 0 Å². The van der Waals surface area contributed by atoms with Crippen LogP contribution in [-0.4, -0.2) is 24.9 Å². The molecule has 0 aliphatic rings. The number of anilines is 2. The first-order chi connectivity index (χ1) is 11.7. The molecule has 1 aromatic heterocycles. The highest BCUT2D eigenvalue weighted by molar-refractivity contribution is 7.14. The number of rotatable bonds is 9. The predicted molar refractivity (Wildman–Crippen MR) is 95.7 cm³/mol. The summed E-state index contributed by atoms with van der Waals surface area (Å²) in [5, 5.41) is 15.1. The quantitative estimate of drug-likeness (QED) is 0.410. The monoisotopic (exact) mass is 345 g/mol. The Balaban J connectivity index is 2.03. The molecule has 8 heteroatoms. The summed E-state index contributed by atoms with van der Waals surface area (Å²) in [6, 6.07) is 7.70. The van der Waals surface area contributed by atoms with Gasteiger partial charge in [0.1, 0.15) is 5.82 Å². The lowest BCUT2D eigenvalue weighted by Crippen LogP contribution is -2.03. The van der Waals surface area contributed by atoms with Gasteiger partial charge < -0.3 is 15.2 Å². The highest BCUT2D eigenvalue weighted by Crippen LogP contribution is 2.30. The van der Waals surface area contributed by atoms with Gasteiger partial charge in [-0.15, -0.1) is 11.3 Å². The number of ether oxygens (including phenoxy) is 2. The molecule has 0 bridgehead atoms. The van der Waals surface area contributed by atoms with Crippen LogP contribution in [0.1, 0.15) is 24.8 Å². The van der Waals surface area contributed by atoms with Gasteiger partial charge in [-0.05, 0) is 25.0 Å². The van der Waals surface area contributed by atoms with Gasteiger partial charge in [0.15, 0.2) is 11.5 Å². The second-order valence-corrected chi connectivity index (χ2v) is 5.65. The van der Waals surface area contributed by atoms with Gasteiger partial charge in [-0.3, -0.25) is 5.43 Å². The fraction of sp³-hybridized carbons (Fsp3) is 0.312. The molecule has 0 radical (unpaired) electrons. The lowest BCUT2D eigenvalue weighted by atomic mass is 10.2. The van der Waals surface area contributed by atoms with Crippen molar-refractivity contribution in [2.24, 2.45) is 5.10 Å². The molecule has 0 fully saturated rings. The van der Waals surface area contributed by atoms with Crippen molar-refractivity contribution in [3.8, 4) is 17.6 Å². The number of unbranched alkanes of at least 4 members (excludes halogenated alkanes) is 2. The van der Waals surface area contributed by atoms with E-state index in [1.807, 2.05) is 18.2 Å². The Morgan fingerprint density at radius 2 is 2.33 bits per heavy atom. The highest BCUT2D eigenvalue weighted by Gasteiger charge is 2.09. The number of hydrogen-bond acceptors (Lipinski definition) is 8. The van der Waals surface area contributed by atoms with Crippen LogP contribution in [0.5, 0.6) is 11.5 Å². The van der Waals surface area contributed by atoms with E-state index in [9.17, 15) is 0 Å². The maximum Gasteiger partial charge on any atom is 0.205 e. The van der Waals surface area contributed by atoms with Gasteiger partial charge in [-0.25, -0.2) is 4.98 Å². The number of hydrogen-bond donors (Lipinski definition) is 2. The van der Waals surface area contributed by atoms with Crippen molar-refractivity contribution < 1.29 is 9.47 Å². The number of para-hydroxylation sites is 1. The molecule has 24 heavy (non-hydrogen) atoms. The molecule has 1 aromatic carbocycles. The first kappa shape index (κ1) is 17.6. The van der Waals surface area contributed by atoms with Crippen LogP contribution in [0, 0.1) is 11.3 Å². The van der Waals surface area contributed by atoms with E-state index in [0.717, 1.165) is 18.4 Å². The molecule has 0 saturated heterocycles. The number of benzene rings is 1. The van der Waals surface area contributed by atoms with Gasteiger partial charge >= 0.3 is 0 Å². The minimum absolute atomic E-state index is 0.459. The molecule has 3 N–H and O–H groups in total. The van der Waals surface area contributed by atoms with E-state index in [2.05, 4.69) is 21.6 Å². The minimum atomic E-state index is 0.459. The second kappa shape index (κ2) is 9.37. The summed E-state index contributed by atoms with van der Waals surface area (Å²) in [7, 11) is 1.59. The van der Waals surface area contributed by atoms with Crippen LogP contribution < -0.4 is 20.6 Å². The number of aromatic nitrogens is 1. The van der Waals surface area contributed by atoms with Crippen LogP contribution in [-0.2, 0) is 0 Å². The van der Waals surface area contributed by atoms with E-state index in [0.29, 0.717) is 35.5 Å². The van der Waals surface area contributed by atoms with Crippen molar-refractivity contribution in [1.82, 2.24) is 4.98 Å². The van der Waals surface area contributed by atoms with Crippen LogP contribution in [0.3, 0.4) is 0 Å². The van der Waals surface area contributed by atoms with E-state index in [4.69, 9.17) is 20.5 Å². The Bertz CT molecular complexity index is 723. The molecule has 126 valence electrons. The summed E-state index contributed by atoms with van der Waals surface area (Å²) >= 11 is 1.37. The molecule has 2 rings (SSSR count). The van der Waals surface area contributed by atoms with E-state index < -0.39 is 0 Å². The molecular formula is C16H19N5O2S. The number of nitrogens with two attached hydrogens (primary N) is 1. The number of nitrogens with zero attached hydrogens (tertiary/aromatic N) is 3. The summed E-state index contributed by atoms with van der Waals surface area (Å²) in [6.07, 6.45) is 3.79. The number of thiazole rings is 1. The molecular weight excluding hydrogens is 326 g/mol. The van der Waals surface area contributed by atoms with Crippen LogP contribution in [0.4, 0.5) is 10.9 Å². The van der Waals surface area contributed by atoms with Crippen molar-refractivity contribution in [2.75, 3.05) is 24.9 Å². The Hall–Kier alpha value is -2.79. The Morgan fingerprint density at radius 3 is 3.04 bits per heavy atom. The highest BCUT2D eigenvalue weighted by atomic mass is 32.1. The van der Waals surface area contributed by atoms with Crippen molar-refractivity contribution in [1.29, 1.82) is 5.26 Å². The maximum atomic E-state index is 8.55. The van der Waals surface area contributed by atoms with E-state index >= 15 is 0 Å².